The number of rotatable bonds is 6. The van der Waals surface area contributed by atoms with Gasteiger partial charge in [-0.1, -0.05) is 12.1 Å². The lowest BCUT2D eigenvalue weighted by Crippen LogP contribution is -2.06. The van der Waals surface area contributed by atoms with Crippen LogP contribution < -0.4 is 19.9 Å². The molecule has 0 radical (unpaired) electrons. The van der Waals surface area contributed by atoms with Gasteiger partial charge >= 0.3 is 0 Å². The van der Waals surface area contributed by atoms with Gasteiger partial charge < -0.3 is 19.9 Å². The number of ether oxygens (including phenoxy) is 3. The van der Waals surface area contributed by atoms with Crippen LogP contribution in [0.2, 0.25) is 0 Å². The summed E-state index contributed by atoms with van der Waals surface area (Å²) in [5, 5.41) is 0. The molecule has 0 aliphatic heterocycles. The number of aromatic nitrogens is 1. The minimum absolute atomic E-state index is 0.0296. The summed E-state index contributed by atoms with van der Waals surface area (Å²) in [4.78, 5) is 4.28. The molecular weight excluding hydrogens is 268 g/mol. The first-order valence-corrected chi connectivity index (χ1v) is 6.70. The molecule has 21 heavy (non-hydrogen) atoms. The molecule has 0 saturated carbocycles. The quantitative estimate of drug-likeness (QED) is 0.885. The lowest BCUT2D eigenvalue weighted by Gasteiger charge is -2.13. The van der Waals surface area contributed by atoms with E-state index in [2.05, 4.69) is 4.98 Å². The molecular formula is C16H20N2O3. The van der Waals surface area contributed by atoms with Crippen molar-refractivity contribution < 1.29 is 14.2 Å². The minimum atomic E-state index is -0.0296. The normalized spacial score (nSPS) is 11.8. The highest BCUT2D eigenvalue weighted by Crippen LogP contribution is 2.30. The van der Waals surface area contributed by atoms with Gasteiger partial charge in [0.05, 0.1) is 14.2 Å². The second-order valence-electron chi connectivity index (χ2n) is 4.64. The third-order valence-electron chi connectivity index (χ3n) is 3.13. The van der Waals surface area contributed by atoms with Gasteiger partial charge in [0.15, 0.2) is 11.5 Å². The van der Waals surface area contributed by atoms with Gasteiger partial charge in [0.25, 0.3) is 0 Å². The number of hydrogen-bond acceptors (Lipinski definition) is 5. The summed E-state index contributed by atoms with van der Waals surface area (Å²) in [7, 11) is 3.17. The molecule has 0 aliphatic rings. The number of nitrogens with two attached hydrogens (primary N) is 1. The Morgan fingerprint density at radius 1 is 1.19 bits per heavy atom. The maximum atomic E-state index is 5.87. The van der Waals surface area contributed by atoms with Crippen LogP contribution in [0.4, 0.5) is 0 Å². The summed E-state index contributed by atoms with van der Waals surface area (Å²) >= 11 is 0. The topological polar surface area (TPSA) is 66.6 Å². The predicted octanol–water partition coefficient (Wildman–Crippen LogP) is 2.70. The molecule has 2 rings (SSSR count). The van der Waals surface area contributed by atoms with E-state index in [1.807, 2.05) is 31.2 Å². The molecule has 0 saturated heterocycles. The molecule has 0 unspecified atom stereocenters. The third kappa shape index (κ3) is 3.64. The molecule has 1 heterocycles. The van der Waals surface area contributed by atoms with Crippen LogP contribution in [0.3, 0.4) is 0 Å². The average Bonchev–Trinajstić information content (AvgIpc) is 2.52. The maximum absolute atomic E-state index is 5.87. The summed E-state index contributed by atoms with van der Waals surface area (Å²) in [6.45, 7) is 2.23. The molecule has 2 N–H and O–H groups in total. The van der Waals surface area contributed by atoms with Crippen LogP contribution in [0.15, 0.2) is 36.5 Å². The lowest BCUT2D eigenvalue weighted by molar-refractivity contribution is 0.284. The Morgan fingerprint density at radius 3 is 2.67 bits per heavy atom. The smallest absolute Gasteiger partial charge is 0.185 e. The van der Waals surface area contributed by atoms with Crippen molar-refractivity contribution in [1.82, 2.24) is 4.98 Å². The SMILES string of the molecule is COc1ccnc(COc2cccc([C@@H](C)N)c2)c1OC. The van der Waals surface area contributed by atoms with E-state index in [4.69, 9.17) is 19.9 Å². The standard InChI is InChI=1S/C16H20N2O3/c1-11(17)12-5-4-6-13(9-12)21-10-14-16(20-3)15(19-2)7-8-18-14/h4-9,11H,10,17H2,1-3H3/t11-/m1/s1. The van der Waals surface area contributed by atoms with Crippen LogP contribution in [0.25, 0.3) is 0 Å². The molecule has 112 valence electrons. The fourth-order valence-corrected chi connectivity index (χ4v) is 1.99. The fraction of sp³-hybridized carbons (Fsp3) is 0.312. The van der Waals surface area contributed by atoms with E-state index < -0.39 is 0 Å². The number of hydrogen-bond donors (Lipinski definition) is 1. The zero-order valence-electron chi connectivity index (χ0n) is 12.5. The van der Waals surface area contributed by atoms with Gasteiger partial charge in [0, 0.05) is 18.3 Å². The second-order valence-corrected chi connectivity index (χ2v) is 4.64. The van der Waals surface area contributed by atoms with Gasteiger partial charge in [0.1, 0.15) is 18.1 Å². The Morgan fingerprint density at radius 2 is 2.00 bits per heavy atom. The van der Waals surface area contributed by atoms with Crippen LogP contribution in [-0.2, 0) is 6.61 Å². The number of pyridine rings is 1. The predicted molar refractivity (Wildman–Crippen MR) is 80.7 cm³/mol. The molecule has 5 heteroatoms. The monoisotopic (exact) mass is 288 g/mol. The van der Waals surface area contributed by atoms with Gasteiger partial charge in [0.2, 0.25) is 0 Å². The Bertz CT molecular complexity index is 600. The molecule has 0 amide bonds. The van der Waals surface area contributed by atoms with E-state index in [1.54, 1.807) is 26.5 Å². The van der Waals surface area contributed by atoms with E-state index in [0.717, 1.165) is 11.3 Å². The Labute approximate surface area is 124 Å². The summed E-state index contributed by atoms with van der Waals surface area (Å²) in [5.74, 6) is 1.97. The third-order valence-corrected chi connectivity index (χ3v) is 3.13. The van der Waals surface area contributed by atoms with Crippen molar-refractivity contribution in [2.45, 2.75) is 19.6 Å². The molecule has 1 aromatic heterocycles. The van der Waals surface area contributed by atoms with Crippen molar-refractivity contribution >= 4 is 0 Å². The van der Waals surface area contributed by atoms with Gasteiger partial charge in [-0.05, 0) is 24.6 Å². The largest absolute Gasteiger partial charge is 0.493 e. The Balaban J connectivity index is 2.15. The van der Waals surface area contributed by atoms with E-state index in [0.29, 0.717) is 23.8 Å². The highest BCUT2D eigenvalue weighted by Gasteiger charge is 2.11. The molecule has 0 spiro atoms. The average molecular weight is 288 g/mol. The first kappa shape index (κ1) is 15.1. The maximum Gasteiger partial charge on any atom is 0.185 e. The number of benzene rings is 1. The van der Waals surface area contributed by atoms with Crippen LogP contribution in [-0.4, -0.2) is 19.2 Å². The van der Waals surface area contributed by atoms with Crippen molar-refractivity contribution in [3.63, 3.8) is 0 Å². The molecule has 5 nitrogen and oxygen atoms in total. The molecule has 1 aromatic carbocycles. The summed E-state index contributed by atoms with van der Waals surface area (Å²) < 4.78 is 16.3. The second kappa shape index (κ2) is 6.95. The van der Waals surface area contributed by atoms with Gasteiger partial charge in [-0.25, -0.2) is 0 Å². The minimum Gasteiger partial charge on any atom is -0.493 e. The number of nitrogens with zero attached hydrogens (tertiary/aromatic N) is 1. The van der Waals surface area contributed by atoms with Crippen molar-refractivity contribution in [3.05, 3.63) is 47.8 Å². The van der Waals surface area contributed by atoms with E-state index in [-0.39, 0.29) is 6.04 Å². The first-order chi connectivity index (χ1) is 10.2. The zero-order chi connectivity index (χ0) is 15.2. The van der Waals surface area contributed by atoms with Crippen molar-refractivity contribution in [2.75, 3.05) is 14.2 Å². The molecule has 0 aliphatic carbocycles. The van der Waals surface area contributed by atoms with Crippen molar-refractivity contribution in [1.29, 1.82) is 0 Å². The van der Waals surface area contributed by atoms with Crippen molar-refractivity contribution in [2.24, 2.45) is 5.73 Å². The van der Waals surface area contributed by atoms with Crippen LogP contribution in [0.1, 0.15) is 24.2 Å². The molecule has 2 aromatic rings. The highest BCUT2D eigenvalue weighted by atomic mass is 16.5. The van der Waals surface area contributed by atoms with Crippen LogP contribution in [0, 0.1) is 0 Å². The van der Waals surface area contributed by atoms with Crippen molar-refractivity contribution in [3.8, 4) is 17.2 Å². The van der Waals surface area contributed by atoms with Gasteiger partial charge in [-0.3, -0.25) is 4.98 Å². The molecule has 0 bridgehead atoms. The van der Waals surface area contributed by atoms with E-state index >= 15 is 0 Å². The molecule has 0 fully saturated rings. The Hall–Kier alpha value is -2.27. The Kier molecular flexibility index (Phi) is 5.00. The molecule has 1 atom stereocenters. The van der Waals surface area contributed by atoms with Gasteiger partial charge in [-0.2, -0.15) is 0 Å². The zero-order valence-corrected chi connectivity index (χ0v) is 12.5. The highest BCUT2D eigenvalue weighted by molar-refractivity contribution is 5.42. The summed E-state index contributed by atoms with van der Waals surface area (Å²) in [6, 6.07) is 9.43. The fourth-order valence-electron chi connectivity index (χ4n) is 1.99. The summed E-state index contributed by atoms with van der Waals surface area (Å²) in [6.07, 6.45) is 1.67. The van der Waals surface area contributed by atoms with Crippen LogP contribution in [0.5, 0.6) is 17.2 Å². The van der Waals surface area contributed by atoms with Crippen LogP contribution >= 0.6 is 0 Å². The number of methoxy groups -OCH3 is 2. The first-order valence-electron chi connectivity index (χ1n) is 6.70. The van der Waals surface area contributed by atoms with Gasteiger partial charge in [-0.15, -0.1) is 0 Å². The van der Waals surface area contributed by atoms with E-state index in [1.165, 1.54) is 0 Å². The summed E-state index contributed by atoms with van der Waals surface area (Å²) in [5.41, 5.74) is 7.58. The van der Waals surface area contributed by atoms with E-state index in [9.17, 15) is 0 Å². The lowest BCUT2D eigenvalue weighted by atomic mass is 10.1.